The third-order valence-electron chi connectivity index (χ3n) is 3.05. The number of benzene rings is 1. The summed E-state index contributed by atoms with van der Waals surface area (Å²) in [7, 11) is 0. The van der Waals surface area contributed by atoms with Crippen LogP contribution >= 0.6 is 43.2 Å². The second-order valence-corrected chi connectivity index (χ2v) is 7.28. The summed E-state index contributed by atoms with van der Waals surface area (Å²) in [6.07, 6.45) is 1.90. The summed E-state index contributed by atoms with van der Waals surface area (Å²) in [6.45, 7) is 3.04. The van der Waals surface area contributed by atoms with E-state index in [0.717, 1.165) is 33.9 Å². The van der Waals surface area contributed by atoms with Crippen molar-refractivity contribution in [1.82, 2.24) is 5.32 Å². The van der Waals surface area contributed by atoms with Crippen LogP contribution in [0.4, 0.5) is 4.39 Å². The van der Waals surface area contributed by atoms with E-state index in [1.807, 2.05) is 0 Å². The van der Waals surface area contributed by atoms with Crippen LogP contribution in [-0.2, 0) is 6.42 Å². The lowest BCUT2D eigenvalue weighted by atomic mass is 10.0. The molecule has 0 aliphatic rings. The minimum absolute atomic E-state index is 0.106. The number of halogens is 3. The minimum Gasteiger partial charge on any atom is -0.310 e. The summed E-state index contributed by atoms with van der Waals surface area (Å²) < 4.78 is 15.6. The molecule has 0 aliphatic heterocycles. The lowest BCUT2D eigenvalue weighted by Crippen LogP contribution is -2.24. The van der Waals surface area contributed by atoms with Crippen molar-refractivity contribution in [3.8, 4) is 0 Å². The van der Waals surface area contributed by atoms with Crippen LogP contribution in [0.15, 0.2) is 38.6 Å². The summed E-state index contributed by atoms with van der Waals surface area (Å²) >= 11 is 8.82. The Morgan fingerprint density at radius 1 is 1.25 bits per heavy atom. The van der Waals surface area contributed by atoms with Gasteiger partial charge in [-0.25, -0.2) is 4.39 Å². The zero-order valence-corrected chi connectivity index (χ0v) is 15.1. The van der Waals surface area contributed by atoms with Crippen molar-refractivity contribution in [3.05, 3.63) is 54.8 Å². The maximum Gasteiger partial charge on any atom is 0.123 e. The molecular formula is C15H16Br2FNS. The molecule has 1 heterocycles. The molecular weight excluding hydrogens is 405 g/mol. The van der Waals surface area contributed by atoms with Crippen molar-refractivity contribution in [2.75, 3.05) is 6.54 Å². The zero-order chi connectivity index (χ0) is 14.5. The van der Waals surface area contributed by atoms with Gasteiger partial charge in [0.2, 0.25) is 0 Å². The molecule has 1 atom stereocenters. The van der Waals surface area contributed by atoms with E-state index in [-0.39, 0.29) is 11.9 Å². The summed E-state index contributed by atoms with van der Waals surface area (Å²) in [5, 5.41) is 5.57. The summed E-state index contributed by atoms with van der Waals surface area (Å²) in [5.74, 6) is -0.197. The fourth-order valence-corrected chi connectivity index (χ4v) is 4.13. The van der Waals surface area contributed by atoms with Gasteiger partial charge in [0.25, 0.3) is 0 Å². The Labute approximate surface area is 139 Å². The van der Waals surface area contributed by atoms with Crippen molar-refractivity contribution in [3.63, 3.8) is 0 Å². The molecule has 0 spiro atoms. The maximum atomic E-state index is 13.5. The third-order valence-corrected chi connectivity index (χ3v) is 5.73. The Hall–Kier alpha value is -0.230. The first kappa shape index (κ1) is 16.1. The Bertz CT molecular complexity index is 571. The van der Waals surface area contributed by atoms with E-state index in [9.17, 15) is 4.39 Å². The molecule has 2 aromatic rings. The van der Waals surface area contributed by atoms with Gasteiger partial charge < -0.3 is 5.32 Å². The molecule has 0 amide bonds. The Balaban J connectivity index is 2.27. The van der Waals surface area contributed by atoms with Crippen LogP contribution < -0.4 is 5.32 Å². The fourth-order valence-electron chi connectivity index (χ4n) is 2.05. The first-order valence-electron chi connectivity index (χ1n) is 6.52. The molecule has 1 aromatic carbocycles. The largest absolute Gasteiger partial charge is 0.310 e. The molecule has 2 rings (SSSR count). The molecule has 1 N–H and O–H groups in total. The second kappa shape index (κ2) is 7.69. The van der Waals surface area contributed by atoms with E-state index in [4.69, 9.17) is 0 Å². The van der Waals surface area contributed by atoms with Gasteiger partial charge in [-0.05, 0) is 64.1 Å². The van der Waals surface area contributed by atoms with Gasteiger partial charge >= 0.3 is 0 Å². The minimum atomic E-state index is -0.197. The topological polar surface area (TPSA) is 12.0 Å². The van der Waals surface area contributed by atoms with Crippen molar-refractivity contribution in [2.45, 2.75) is 25.8 Å². The van der Waals surface area contributed by atoms with Gasteiger partial charge in [0.15, 0.2) is 0 Å². The quantitative estimate of drug-likeness (QED) is 0.632. The van der Waals surface area contributed by atoms with Crippen LogP contribution in [0.2, 0.25) is 0 Å². The van der Waals surface area contributed by atoms with Gasteiger partial charge in [0, 0.05) is 26.3 Å². The van der Waals surface area contributed by atoms with E-state index >= 15 is 0 Å². The molecule has 108 valence electrons. The lowest BCUT2D eigenvalue weighted by Gasteiger charge is -2.20. The van der Waals surface area contributed by atoms with Crippen LogP contribution in [0.3, 0.4) is 0 Å². The Morgan fingerprint density at radius 3 is 2.70 bits per heavy atom. The van der Waals surface area contributed by atoms with Gasteiger partial charge in [-0.3, -0.25) is 0 Å². The summed E-state index contributed by atoms with van der Waals surface area (Å²) in [5.41, 5.74) is 0.971. The SMILES string of the molecule is CCCNC(Cc1sccc1Br)c1cc(F)ccc1Br. The fraction of sp³-hybridized carbons (Fsp3) is 0.333. The zero-order valence-electron chi connectivity index (χ0n) is 11.1. The van der Waals surface area contributed by atoms with Gasteiger partial charge in [0.05, 0.1) is 0 Å². The molecule has 0 aliphatic carbocycles. The summed E-state index contributed by atoms with van der Waals surface area (Å²) in [4.78, 5) is 1.27. The van der Waals surface area contributed by atoms with Crippen LogP contribution in [0.1, 0.15) is 29.8 Å². The van der Waals surface area contributed by atoms with Gasteiger partial charge in [-0.1, -0.05) is 22.9 Å². The third kappa shape index (κ3) is 4.13. The van der Waals surface area contributed by atoms with Crippen LogP contribution in [0.5, 0.6) is 0 Å². The molecule has 1 nitrogen and oxygen atoms in total. The average molecular weight is 421 g/mol. The van der Waals surface area contributed by atoms with E-state index < -0.39 is 0 Å². The molecule has 20 heavy (non-hydrogen) atoms. The molecule has 0 bridgehead atoms. The highest BCUT2D eigenvalue weighted by Gasteiger charge is 2.17. The van der Waals surface area contributed by atoms with Gasteiger partial charge in [-0.2, -0.15) is 0 Å². The van der Waals surface area contributed by atoms with Crippen molar-refractivity contribution in [2.24, 2.45) is 0 Å². The molecule has 0 saturated heterocycles. The van der Waals surface area contributed by atoms with Crippen LogP contribution in [0, 0.1) is 5.82 Å². The standard InChI is InChI=1S/C15H16Br2FNS/c1-2-6-19-14(9-15-13(17)5-7-20-15)11-8-10(18)3-4-12(11)16/h3-5,7-8,14,19H,2,6,9H2,1H3. The maximum absolute atomic E-state index is 13.5. The van der Waals surface area contributed by atoms with Crippen LogP contribution in [0.25, 0.3) is 0 Å². The Kier molecular flexibility index (Phi) is 6.20. The smallest absolute Gasteiger partial charge is 0.123 e. The predicted molar refractivity (Wildman–Crippen MR) is 90.9 cm³/mol. The summed E-state index contributed by atoms with van der Waals surface area (Å²) in [6, 6.07) is 7.02. The van der Waals surface area contributed by atoms with Crippen molar-refractivity contribution < 1.29 is 4.39 Å². The average Bonchev–Trinajstić information content (AvgIpc) is 2.83. The van der Waals surface area contributed by atoms with Gasteiger partial charge in [-0.15, -0.1) is 11.3 Å². The number of thiophene rings is 1. The molecule has 1 unspecified atom stereocenters. The van der Waals surface area contributed by atoms with E-state index in [1.165, 1.54) is 10.9 Å². The van der Waals surface area contributed by atoms with E-state index in [0.29, 0.717) is 0 Å². The lowest BCUT2D eigenvalue weighted by molar-refractivity contribution is 0.524. The molecule has 5 heteroatoms. The highest BCUT2D eigenvalue weighted by molar-refractivity contribution is 9.10. The molecule has 1 aromatic heterocycles. The highest BCUT2D eigenvalue weighted by Crippen LogP contribution is 2.31. The van der Waals surface area contributed by atoms with Crippen molar-refractivity contribution >= 4 is 43.2 Å². The van der Waals surface area contributed by atoms with E-state index in [2.05, 4.69) is 55.5 Å². The van der Waals surface area contributed by atoms with Crippen LogP contribution in [-0.4, -0.2) is 6.54 Å². The molecule has 0 saturated carbocycles. The molecule has 0 fully saturated rings. The first-order valence-corrected chi connectivity index (χ1v) is 8.98. The number of hydrogen-bond acceptors (Lipinski definition) is 2. The monoisotopic (exact) mass is 419 g/mol. The first-order chi connectivity index (χ1) is 9.61. The molecule has 0 radical (unpaired) electrons. The van der Waals surface area contributed by atoms with Crippen molar-refractivity contribution in [1.29, 1.82) is 0 Å². The normalized spacial score (nSPS) is 12.6. The predicted octanol–water partition coefficient (Wildman–Crippen LogP) is 5.70. The number of nitrogens with one attached hydrogen (secondary N) is 1. The van der Waals surface area contributed by atoms with Gasteiger partial charge in [0.1, 0.15) is 5.82 Å². The number of hydrogen-bond donors (Lipinski definition) is 1. The number of rotatable bonds is 6. The highest BCUT2D eigenvalue weighted by atomic mass is 79.9. The van der Waals surface area contributed by atoms with E-state index in [1.54, 1.807) is 23.5 Å². The Morgan fingerprint density at radius 2 is 2.05 bits per heavy atom. The second-order valence-electron chi connectivity index (χ2n) is 4.57.